The number of amides is 1. The van der Waals surface area contributed by atoms with Gasteiger partial charge in [0.05, 0.1) is 17.3 Å². The molecule has 27 heavy (non-hydrogen) atoms. The van der Waals surface area contributed by atoms with E-state index in [1.165, 1.54) is 4.90 Å². The zero-order valence-electron chi connectivity index (χ0n) is 16.0. The molecule has 8 heteroatoms. The first-order chi connectivity index (χ1) is 13.0. The third kappa shape index (κ3) is 5.37. The van der Waals surface area contributed by atoms with Gasteiger partial charge >= 0.3 is 5.97 Å². The van der Waals surface area contributed by atoms with Crippen LogP contribution in [0.5, 0.6) is 0 Å². The van der Waals surface area contributed by atoms with Gasteiger partial charge in [-0.25, -0.2) is 4.68 Å². The molecule has 146 valence electrons. The smallest absolute Gasteiger partial charge is 0.308 e. The first-order valence-corrected chi connectivity index (χ1v) is 9.03. The fourth-order valence-corrected chi connectivity index (χ4v) is 2.68. The molecule has 2 aromatic rings. The van der Waals surface area contributed by atoms with Gasteiger partial charge in [0.2, 0.25) is 0 Å². The van der Waals surface area contributed by atoms with E-state index >= 15 is 0 Å². The number of hydrogen-bond donors (Lipinski definition) is 1. The van der Waals surface area contributed by atoms with Crippen molar-refractivity contribution >= 4 is 11.9 Å². The van der Waals surface area contributed by atoms with Crippen LogP contribution in [0.3, 0.4) is 0 Å². The van der Waals surface area contributed by atoms with Gasteiger partial charge in [-0.3, -0.25) is 9.59 Å². The lowest BCUT2D eigenvalue weighted by atomic mass is 10.1. The molecular formula is C19H26N4O4. The van der Waals surface area contributed by atoms with Crippen molar-refractivity contribution in [1.29, 1.82) is 0 Å². The number of rotatable bonds is 10. The molecule has 0 fully saturated rings. The Morgan fingerprint density at radius 1 is 1.30 bits per heavy atom. The summed E-state index contributed by atoms with van der Waals surface area (Å²) >= 11 is 0. The summed E-state index contributed by atoms with van der Waals surface area (Å²) < 4.78 is 6.92. The third-order valence-electron chi connectivity index (χ3n) is 4.22. The van der Waals surface area contributed by atoms with Crippen LogP contribution in [0.4, 0.5) is 0 Å². The molecule has 1 atom stereocenters. The summed E-state index contributed by atoms with van der Waals surface area (Å²) in [4.78, 5) is 25.8. The number of hydrogen-bond acceptors (Lipinski definition) is 5. The number of carboxylic acid groups (broad SMARTS) is 1. The highest BCUT2D eigenvalue weighted by molar-refractivity contribution is 5.93. The second-order valence-electron chi connectivity index (χ2n) is 6.31. The Labute approximate surface area is 158 Å². The van der Waals surface area contributed by atoms with Crippen molar-refractivity contribution in [1.82, 2.24) is 19.9 Å². The van der Waals surface area contributed by atoms with E-state index in [0.717, 1.165) is 5.69 Å². The molecule has 8 nitrogen and oxygen atoms in total. The van der Waals surface area contributed by atoms with E-state index in [1.54, 1.807) is 18.5 Å². The van der Waals surface area contributed by atoms with E-state index in [4.69, 9.17) is 4.74 Å². The van der Waals surface area contributed by atoms with Crippen LogP contribution >= 0.6 is 0 Å². The first-order valence-electron chi connectivity index (χ1n) is 9.03. The topological polar surface area (TPSA) is 97.6 Å². The van der Waals surface area contributed by atoms with Gasteiger partial charge in [-0.15, -0.1) is 5.10 Å². The first kappa shape index (κ1) is 20.6. The Bertz CT molecular complexity index is 760. The minimum absolute atomic E-state index is 0.109. The van der Waals surface area contributed by atoms with Crippen LogP contribution in [0.15, 0.2) is 30.3 Å². The lowest BCUT2D eigenvalue weighted by Gasteiger charge is -2.24. The molecule has 0 aliphatic rings. The van der Waals surface area contributed by atoms with Gasteiger partial charge in [0.1, 0.15) is 0 Å². The monoisotopic (exact) mass is 374 g/mol. The molecule has 0 saturated carbocycles. The summed E-state index contributed by atoms with van der Waals surface area (Å²) in [5, 5.41) is 17.3. The van der Waals surface area contributed by atoms with Crippen molar-refractivity contribution in [2.24, 2.45) is 5.92 Å². The lowest BCUT2D eigenvalue weighted by Crippen LogP contribution is -2.38. The van der Waals surface area contributed by atoms with Crippen molar-refractivity contribution in [2.45, 2.75) is 27.2 Å². The molecule has 1 aromatic carbocycles. The van der Waals surface area contributed by atoms with Gasteiger partial charge in [0.25, 0.3) is 5.91 Å². The molecule has 1 heterocycles. The van der Waals surface area contributed by atoms with Crippen molar-refractivity contribution in [3.05, 3.63) is 41.7 Å². The summed E-state index contributed by atoms with van der Waals surface area (Å²) in [6.45, 7) is 6.88. The van der Waals surface area contributed by atoms with Crippen molar-refractivity contribution < 1.29 is 19.4 Å². The molecule has 1 aromatic heterocycles. The molecular weight excluding hydrogens is 348 g/mol. The van der Waals surface area contributed by atoms with Crippen LogP contribution in [0, 0.1) is 12.8 Å². The Hall–Kier alpha value is -2.74. The van der Waals surface area contributed by atoms with Crippen LogP contribution in [-0.4, -0.2) is 63.2 Å². The normalized spacial score (nSPS) is 12.0. The highest BCUT2D eigenvalue weighted by Crippen LogP contribution is 2.15. The largest absolute Gasteiger partial charge is 0.481 e. The number of para-hydroxylation sites is 1. The van der Waals surface area contributed by atoms with E-state index < -0.39 is 11.9 Å². The highest BCUT2D eigenvalue weighted by atomic mass is 16.5. The fraction of sp³-hybridized carbons (Fsp3) is 0.474. The lowest BCUT2D eigenvalue weighted by molar-refractivity contribution is -0.141. The molecule has 1 N–H and O–H groups in total. The molecule has 0 bridgehead atoms. The van der Waals surface area contributed by atoms with Gasteiger partial charge in [0, 0.05) is 26.3 Å². The number of carboxylic acids is 1. The predicted octanol–water partition coefficient (Wildman–Crippen LogP) is 2.17. The zero-order valence-corrected chi connectivity index (χ0v) is 16.0. The predicted molar refractivity (Wildman–Crippen MR) is 99.9 cm³/mol. The number of benzene rings is 1. The van der Waals surface area contributed by atoms with Crippen molar-refractivity contribution in [3.63, 3.8) is 0 Å². The standard InChI is InChI=1S/C19H26N4O4/c1-4-27-12-8-11-22(13-14(2)19(25)26)18(24)17-15(3)23(21-20-17)16-9-6-5-7-10-16/h5-7,9-10,14H,4,8,11-13H2,1-3H3,(H,25,26). The number of carbonyl (C=O) groups excluding carboxylic acids is 1. The average molecular weight is 374 g/mol. The molecule has 0 aliphatic carbocycles. The van der Waals surface area contributed by atoms with Gasteiger partial charge in [-0.1, -0.05) is 30.3 Å². The molecule has 0 radical (unpaired) electrons. The van der Waals surface area contributed by atoms with Gasteiger partial charge in [0.15, 0.2) is 5.69 Å². The third-order valence-corrected chi connectivity index (χ3v) is 4.22. The van der Waals surface area contributed by atoms with E-state index in [2.05, 4.69) is 10.3 Å². The van der Waals surface area contributed by atoms with E-state index in [-0.39, 0.29) is 18.1 Å². The summed E-state index contributed by atoms with van der Waals surface area (Å²) in [6.07, 6.45) is 0.623. The summed E-state index contributed by atoms with van der Waals surface area (Å²) in [7, 11) is 0. The summed E-state index contributed by atoms with van der Waals surface area (Å²) in [5.74, 6) is -1.94. The minimum Gasteiger partial charge on any atom is -0.481 e. The molecule has 2 rings (SSSR count). The number of aromatic nitrogens is 3. The maximum atomic E-state index is 13.0. The summed E-state index contributed by atoms with van der Waals surface area (Å²) in [5.41, 5.74) is 1.65. The maximum Gasteiger partial charge on any atom is 0.308 e. The number of ether oxygens (including phenoxy) is 1. The Morgan fingerprint density at radius 2 is 2.00 bits per heavy atom. The molecule has 1 unspecified atom stereocenters. The summed E-state index contributed by atoms with van der Waals surface area (Å²) in [6, 6.07) is 9.42. The minimum atomic E-state index is -0.942. The van der Waals surface area contributed by atoms with Crippen LogP contribution < -0.4 is 0 Å². The van der Waals surface area contributed by atoms with Crippen molar-refractivity contribution in [3.8, 4) is 5.69 Å². The van der Waals surface area contributed by atoms with Crippen molar-refractivity contribution in [2.75, 3.05) is 26.3 Å². The number of carbonyl (C=O) groups is 2. The maximum absolute atomic E-state index is 13.0. The van der Waals surface area contributed by atoms with Crippen LogP contribution in [0.1, 0.15) is 36.5 Å². The SMILES string of the molecule is CCOCCCN(CC(C)C(=O)O)C(=O)c1nnn(-c2ccccc2)c1C. The van der Waals surface area contributed by atoms with Gasteiger partial charge < -0.3 is 14.7 Å². The number of nitrogens with zero attached hydrogens (tertiary/aromatic N) is 4. The number of aliphatic carboxylic acids is 1. The Kier molecular flexibility index (Phi) is 7.48. The Balaban J connectivity index is 2.20. The fourth-order valence-electron chi connectivity index (χ4n) is 2.68. The van der Waals surface area contributed by atoms with Crippen LogP contribution in [0.2, 0.25) is 0 Å². The van der Waals surface area contributed by atoms with Gasteiger partial charge in [-0.05, 0) is 32.4 Å². The Morgan fingerprint density at radius 3 is 2.63 bits per heavy atom. The molecule has 0 spiro atoms. The van der Waals surface area contributed by atoms with Crippen LogP contribution in [0.25, 0.3) is 5.69 Å². The second kappa shape index (κ2) is 9.82. The molecule has 1 amide bonds. The quantitative estimate of drug-likeness (QED) is 0.640. The highest BCUT2D eigenvalue weighted by Gasteiger charge is 2.26. The molecule has 0 aliphatic heterocycles. The van der Waals surface area contributed by atoms with Gasteiger partial charge in [-0.2, -0.15) is 0 Å². The average Bonchev–Trinajstić information content (AvgIpc) is 3.05. The zero-order chi connectivity index (χ0) is 19.8. The van der Waals surface area contributed by atoms with E-state index in [0.29, 0.717) is 31.9 Å². The second-order valence-corrected chi connectivity index (χ2v) is 6.31. The molecule has 0 saturated heterocycles. The van der Waals surface area contributed by atoms with E-state index in [9.17, 15) is 14.7 Å². The van der Waals surface area contributed by atoms with E-state index in [1.807, 2.05) is 37.3 Å². The van der Waals surface area contributed by atoms with Crippen LogP contribution in [-0.2, 0) is 9.53 Å².